The van der Waals surface area contributed by atoms with Gasteiger partial charge in [0.15, 0.2) is 5.82 Å². The van der Waals surface area contributed by atoms with E-state index in [1.54, 1.807) is 25.1 Å². The third-order valence-electron chi connectivity index (χ3n) is 3.94. The summed E-state index contributed by atoms with van der Waals surface area (Å²) in [5.41, 5.74) is 3.66. The maximum atomic E-state index is 12.5. The quantitative estimate of drug-likeness (QED) is 0.727. The molecule has 0 unspecified atom stereocenters. The second kappa shape index (κ2) is 7.54. The molecule has 0 atom stereocenters. The predicted octanol–water partition coefficient (Wildman–Crippen LogP) is 4.67. The number of aromatic nitrogens is 2. The average molecular weight is 368 g/mol. The highest BCUT2D eigenvalue weighted by atomic mass is 35.5. The third-order valence-corrected chi connectivity index (χ3v) is 4.24. The molecule has 5 nitrogen and oxygen atoms in total. The fourth-order valence-electron chi connectivity index (χ4n) is 2.47. The van der Waals surface area contributed by atoms with E-state index in [0.29, 0.717) is 33.5 Å². The zero-order chi connectivity index (χ0) is 18.7. The minimum atomic E-state index is -0.292. The highest BCUT2D eigenvalue weighted by Crippen LogP contribution is 2.27. The van der Waals surface area contributed by atoms with Crippen molar-refractivity contribution < 1.29 is 9.53 Å². The number of rotatable bonds is 4. The number of amides is 1. The number of halogens is 1. The molecular formula is C20H18ClN3O2. The lowest BCUT2D eigenvalue weighted by Crippen LogP contribution is -2.15. The van der Waals surface area contributed by atoms with Crippen LogP contribution in [0.4, 0.5) is 5.69 Å². The van der Waals surface area contributed by atoms with E-state index in [1.807, 2.05) is 31.2 Å². The van der Waals surface area contributed by atoms with E-state index in [0.717, 1.165) is 5.56 Å². The van der Waals surface area contributed by atoms with Crippen LogP contribution in [-0.2, 0) is 0 Å². The molecule has 1 heterocycles. The SMILES string of the molecule is COc1ccc(NC(=O)c2cnc(-c3ccc(C)cc3)nc2C)cc1Cl. The molecule has 0 aliphatic rings. The number of nitrogens with one attached hydrogen (secondary N) is 1. The molecule has 0 saturated carbocycles. The van der Waals surface area contributed by atoms with Crippen LogP contribution >= 0.6 is 11.6 Å². The van der Waals surface area contributed by atoms with E-state index < -0.39 is 0 Å². The smallest absolute Gasteiger partial charge is 0.259 e. The van der Waals surface area contributed by atoms with Gasteiger partial charge in [-0.2, -0.15) is 0 Å². The molecule has 0 saturated heterocycles. The number of methoxy groups -OCH3 is 1. The molecule has 1 aromatic heterocycles. The molecule has 0 aliphatic heterocycles. The van der Waals surface area contributed by atoms with Crippen molar-refractivity contribution in [2.45, 2.75) is 13.8 Å². The number of nitrogens with zero attached hydrogens (tertiary/aromatic N) is 2. The molecule has 6 heteroatoms. The summed E-state index contributed by atoms with van der Waals surface area (Å²) in [5, 5.41) is 3.22. The lowest BCUT2D eigenvalue weighted by Gasteiger charge is -2.10. The van der Waals surface area contributed by atoms with E-state index in [9.17, 15) is 4.79 Å². The largest absolute Gasteiger partial charge is 0.495 e. The van der Waals surface area contributed by atoms with Gasteiger partial charge in [-0.05, 0) is 32.0 Å². The van der Waals surface area contributed by atoms with Crippen molar-refractivity contribution in [3.05, 3.63) is 70.5 Å². The third kappa shape index (κ3) is 3.83. The van der Waals surface area contributed by atoms with Gasteiger partial charge in [-0.15, -0.1) is 0 Å². The van der Waals surface area contributed by atoms with Crippen LogP contribution in [0.2, 0.25) is 5.02 Å². The van der Waals surface area contributed by atoms with Gasteiger partial charge in [0.2, 0.25) is 0 Å². The fraction of sp³-hybridized carbons (Fsp3) is 0.150. The fourth-order valence-corrected chi connectivity index (χ4v) is 2.73. The molecular weight excluding hydrogens is 350 g/mol. The van der Waals surface area contributed by atoms with Crippen LogP contribution in [-0.4, -0.2) is 23.0 Å². The van der Waals surface area contributed by atoms with Gasteiger partial charge in [0.1, 0.15) is 5.75 Å². The minimum Gasteiger partial charge on any atom is -0.495 e. The van der Waals surface area contributed by atoms with Gasteiger partial charge in [-0.25, -0.2) is 9.97 Å². The monoisotopic (exact) mass is 367 g/mol. The zero-order valence-corrected chi connectivity index (χ0v) is 15.5. The number of carbonyl (C=O) groups is 1. The number of aryl methyl sites for hydroxylation is 2. The number of anilines is 1. The van der Waals surface area contributed by atoms with Gasteiger partial charge < -0.3 is 10.1 Å². The highest BCUT2D eigenvalue weighted by Gasteiger charge is 2.13. The Hall–Kier alpha value is -2.92. The first-order valence-electron chi connectivity index (χ1n) is 8.03. The van der Waals surface area contributed by atoms with E-state index in [2.05, 4.69) is 15.3 Å². The molecule has 1 N–H and O–H groups in total. The molecule has 3 aromatic rings. The predicted molar refractivity (Wildman–Crippen MR) is 103 cm³/mol. The van der Waals surface area contributed by atoms with Crippen molar-refractivity contribution in [3.8, 4) is 17.1 Å². The maximum absolute atomic E-state index is 12.5. The minimum absolute atomic E-state index is 0.292. The Labute approximate surface area is 157 Å². The summed E-state index contributed by atoms with van der Waals surface area (Å²) in [6.45, 7) is 3.81. The highest BCUT2D eigenvalue weighted by molar-refractivity contribution is 6.32. The van der Waals surface area contributed by atoms with E-state index in [1.165, 1.54) is 18.9 Å². The van der Waals surface area contributed by atoms with Gasteiger partial charge in [0, 0.05) is 17.4 Å². The zero-order valence-electron chi connectivity index (χ0n) is 14.7. The lowest BCUT2D eigenvalue weighted by molar-refractivity contribution is 0.102. The van der Waals surface area contributed by atoms with Crippen LogP contribution in [0.15, 0.2) is 48.7 Å². The van der Waals surface area contributed by atoms with Gasteiger partial charge >= 0.3 is 0 Å². The first kappa shape index (κ1) is 17.9. The van der Waals surface area contributed by atoms with E-state index >= 15 is 0 Å². The molecule has 0 radical (unpaired) electrons. The Bertz CT molecular complexity index is 956. The molecule has 132 valence electrons. The van der Waals surface area contributed by atoms with Crippen molar-refractivity contribution >= 4 is 23.2 Å². The van der Waals surface area contributed by atoms with Crippen LogP contribution in [0.3, 0.4) is 0 Å². The molecule has 1 amide bonds. The van der Waals surface area contributed by atoms with Crippen LogP contribution in [0.5, 0.6) is 5.75 Å². The van der Waals surface area contributed by atoms with Gasteiger partial charge in [-0.3, -0.25) is 4.79 Å². The Balaban J connectivity index is 1.81. The second-order valence-corrected chi connectivity index (χ2v) is 6.27. The summed E-state index contributed by atoms with van der Waals surface area (Å²) >= 11 is 6.09. The Morgan fingerprint density at radius 3 is 2.46 bits per heavy atom. The maximum Gasteiger partial charge on any atom is 0.259 e. The van der Waals surface area contributed by atoms with Crippen molar-refractivity contribution in [2.75, 3.05) is 12.4 Å². The van der Waals surface area contributed by atoms with Crippen molar-refractivity contribution in [2.24, 2.45) is 0 Å². The molecule has 26 heavy (non-hydrogen) atoms. The summed E-state index contributed by atoms with van der Waals surface area (Å²) in [4.78, 5) is 21.3. The topological polar surface area (TPSA) is 64.1 Å². The van der Waals surface area contributed by atoms with Crippen LogP contribution in [0, 0.1) is 13.8 Å². The number of carbonyl (C=O) groups excluding carboxylic acids is 1. The number of hydrogen-bond donors (Lipinski definition) is 1. The molecule has 0 bridgehead atoms. The van der Waals surface area contributed by atoms with E-state index in [-0.39, 0.29) is 5.91 Å². The normalized spacial score (nSPS) is 10.5. The first-order chi connectivity index (χ1) is 12.5. The summed E-state index contributed by atoms with van der Waals surface area (Å²) < 4.78 is 5.11. The number of ether oxygens (including phenoxy) is 1. The van der Waals surface area contributed by atoms with Crippen LogP contribution in [0.1, 0.15) is 21.6 Å². The molecule has 3 rings (SSSR count). The molecule has 2 aromatic carbocycles. The standard InChI is InChI=1S/C20H18ClN3O2/c1-12-4-6-14(7-5-12)19-22-11-16(13(2)23-19)20(25)24-15-8-9-18(26-3)17(21)10-15/h4-11H,1-3H3,(H,24,25). The second-order valence-electron chi connectivity index (χ2n) is 5.86. The summed E-state index contributed by atoms with van der Waals surface area (Å²) in [6, 6.07) is 13.0. The lowest BCUT2D eigenvalue weighted by atomic mass is 10.1. The Morgan fingerprint density at radius 2 is 1.85 bits per heavy atom. The summed E-state index contributed by atoms with van der Waals surface area (Å²) in [7, 11) is 1.54. The average Bonchev–Trinajstić information content (AvgIpc) is 2.62. The molecule has 0 fully saturated rings. The van der Waals surface area contributed by atoms with Crippen molar-refractivity contribution in [1.82, 2.24) is 9.97 Å². The van der Waals surface area contributed by atoms with Crippen LogP contribution in [0.25, 0.3) is 11.4 Å². The number of hydrogen-bond acceptors (Lipinski definition) is 4. The first-order valence-corrected chi connectivity index (χ1v) is 8.41. The van der Waals surface area contributed by atoms with E-state index in [4.69, 9.17) is 16.3 Å². The van der Waals surface area contributed by atoms with Gasteiger partial charge in [0.25, 0.3) is 5.91 Å². The Morgan fingerprint density at radius 1 is 1.12 bits per heavy atom. The van der Waals surface area contributed by atoms with Crippen molar-refractivity contribution in [3.63, 3.8) is 0 Å². The summed E-state index contributed by atoms with van der Waals surface area (Å²) in [6.07, 6.45) is 1.54. The van der Waals surface area contributed by atoms with Gasteiger partial charge in [-0.1, -0.05) is 41.4 Å². The van der Waals surface area contributed by atoms with Crippen molar-refractivity contribution in [1.29, 1.82) is 0 Å². The van der Waals surface area contributed by atoms with Crippen LogP contribution < -0.4 is 10.1 Å². The molecule has 0 aliphatic carbocycles. The van der Waals surface area contributed by atoms with Gasteiger partial charge in [0.05, 0.1) is 23.4 Å². The number of benzene rings is 2. The molecule has 0 spiro atoms. The Kier molecular flexibility index (Phi) is 5.19. The summed E-state index contributed by atoms with van der Waals surface area (Å²) in [5.74, 6) is 0.845.